The summed E-state index contributed by atoms with van der Waals surface area (Å²) in [7, 11) is 0. The van der Waals surface area contributed by atoms with E-state index in [0.29, 0.717) is 12.3 Å². The summed E-state index contributed by atoms with van der Waals surface area (Å²) in [5.74, 6) is 0.682. The summed E-state index contributed by atoms with van der Waals surface area (Å²) in [5, 5.41) is 10.5. The van der Waals surface area contributed by atoms with Crippen molar-refractivity contribution in [2.45, 2.75) is 38.2 Å². The molecule has 1 N–H and O–H groups in total. The lowest BCUT2D eigenvalue weighted by molar-refractivity contribution is -0.189. The third-order valence-corrected chi connectivity index (χ3v) is 4.87. The number of carbonyl (C=O) groups is 1. The van der Waals surface area contributed by atoms with E-state index in [2.05, 4.69) is 13.0 Å². The van der Waals surface area contributed by atoms with Gasteiger partial charge in [0.2, 0.25) is 0 Å². The number of rotatable bonds is 0. The Morgan fingerprint density at radius 1 is 1.57 bits per heavy atom. The van der Waals surface area contributed by atoms with Gasteiger partial charge in [0.15, 0.2) is 5.78 Å². The molecule has 4 rings (SSSR count). The molecule has 4 atom stereocenters. The Bertz CT molecular complexity index is 333. The van der Waals surface area contributed by atoms with Gasteiger partial charge in [-0.05, 0) is 25.2 Å². The van der Waals surface area contributed by atoms with Crippen molar-refractivity contribution < 1.29 is 9.90 Å². The van der Waals surface area contributed by atoms with Crippen molar-refractivity contribution in [3.05, 3.63) is 12.2 Å². The largest absolute Gasteiger partial charge is 0.381 e. The molecular formula is C12H16O2. The second-order valence-corrected chi connectivity index (χ2v) is 5.35. The van der Waals surface area contributed by atoms with Crippen molar-refractivity contribution in [1.82, 2.24) is 0 Å². The van der Waals surface area contributed by atoms with Crippen LogP contribution in [0.2, 0.25) is 0 Å². The lowest BCUT2D eigenvalue weighted by Gasteiger charge is -2.59. The van der Waals surface area contributed by atoms with Gasteiger partial charge in [-0.3, -0.25) is 4.79 Å². The van der Waals surface area contributed by atoms with Crippen molar-refractivity contribution in [3.63, 3.8) is 0 Å². The van der Waals surface area contributed by atoms with Gasteiger partial charge in [0.1, 0.15) is 5.60 Å². The van der Waals surface area contributed by atoms with E-state index in [0.717, 1.165) is 19.3 Å². The fourth-order valence-corrected chi connectivity index (χ4v) is 3.74. The van der Waals surface area contributed by atoms with E-state index >= 15 is 0 Å². The van der Waals surface area contributed by atoms with Gasteiger partial charge in [-0.15, -0.1) is 0 Å². The molecular weight excluding hydrogens is 176 g/mol. The molecule has 0 radical (unpaired) electrons. The minimum Gasteiger partial charge on any atom is -0.381 e. The van der Waals surface area contributed by atoms with Crippen molar-refractivity contribution in [1.29, 1.82) is 0 Å². The lowest BCUT2D eigenvalue weighted by atomic mass is 9.46. The summed E-state index contributed by atoms with van der Waals surface area (Å²) < 4.78 is 0. The number of hydrogen-bond acceptors (Lipinski definition) is 2. The minimum absolute atomic E-state index is 0.117. The highest BCUT2D eigenvalue weighted by atomic mass is 16.3. The van der Waals surface area contributed by atoms with Gasteiger partial charge in [0, 0.05) is 17.8 Å². The number of ketones is 1. The molecule has 4 aliphatic rings. The maximum Gasteiger partial charge on any atom is 0.168 e. The van der Waals surface area contributed by atoms with E-state index < -0.39 is 5.60 Å². The first-order chi connectivity index (χ1) is 6.58. The summed E-state index contributed by atoms with van der Waals surface area (Å²) in [4.78, 5) is 12.0. The standard InChI is InChI=1S/C12H16O2/c1-11-6-4-8-7-9(11)3-2-5-12(11,14)10(8)13/h2-3,8-9,14H,4-7H2,1H3/t8-,9-,11+,12-/m1/s1. The first kappa shape index (κ1) is 8.66. The molecule has 14 heavy (non-hydrogen) atoms. The Hall–Kier alpha value is -0.630. The van der Waals surface area contributed by atoms with Crippen LogP contribution in [0.25, 0.3) is 0 Å². The van der Waals surface area contributed by atoms with E-state index in [-0.39, 0.29) is 17.1 Å². The molecule has 0 amide bonds. The molecule has 0 aromatic rings. The summed E-state index contributed by atoms with van der Waals surface area (Å²) in [6.07, 6.45) is 7.71. The van der Waals surface area contributed by atoms with Crippen LogP contribution in [0.4, 0.5) is 0 Å². The Morgan fingerprint density at radius 2 is 2.36 bits per heavy atom. The zero-order valence-electron chi connectivity index (χ0n) is 8.49. The topological polar surface area (TPSA) is 37.3 Å². The quantitative estimate of drug-likeness (QED) is 0.593. The zero-order valence-corrected chi connectivity index (χ0v) is 8.49. The molecule has 3 saturated carbocycles. The van der Waals surface area contributed by atoms with Crippen LogP contribution >= 0.6 is 0 Å². The molecule has 0 saturated heterocycles. The maximum atomic E-state index is 12.0. The number of carbonyl (C=O) groups excluding carboxylic acids is 1. The van der Waals surface area contributed by atoms with Crippen LogP contribution in [-0.2, 0) is 4.79 Å². The molecule has 0 aromatic heterocycles. The summed E-state index contributed by atoms with van der Waals surface area (Å²) >= 11 is 0. The molecule has 4 aliphatic carbocycles. The molecule has 0 aliphatic heterocycles. The second-order valence-electron chi connectivity index (χ2n) is 5.35. The van der Waals surface area contributed by atoms with Crippen molar-refractivity contribution >= 4 is 5.78 Å². The Morgan fingerprint density at radius 3 is 3.07 bits per heavy atom. The molecule has 2 nitrogen and oxygen atoms in total. The van der Waals surface area contributed by atoms with E-state index in [4.69, 9.17) is 0 Å². The average Bonchev–Trinajstić information content (AvgIpc) is 2.16. The summed E-state index contributed by atoms with van der Waals surface area (Å²) in [6, 6.07) is 0. The van der Waals surface area contributed by atoms with Crippen LogP contribution in [0.5, 0.6) is 0 Å². The highest BCUT2D eigenvalue weighted by Gasteiger charge is 2.64. The van der Waals surface area contributed by atoms with Gasteiger partial charge in [-0.25, -0.2) is 0 Å². The van der Waals surface area contributed by atoms with E-state index in [9.17, 15) is 9.90 Å². The highest BCUT2D eigenvalue weighted by Crippen LogP contribution is 2.60. The number of fused-ring (bicyclic) bond motifs is 1. The second kappa shape index (κ2) is 2.30. The van der Waals surface area contributed by atoms with Gasteiger partial charge in [-0.2, -0.15) is 0 Å². The monoisotopic (exact) mass is 192 g/mol. The number of Topliss-reactive ketones (excluding diaryl/α,β-unsaturated/α-hetero) is 1. The van der Waals surface area contributed by atoms with Gasteiger partial charge in [-0.1, -0.05) is 19.1 Å². The summed E-state index contributed by atoms with van der Waals surface area (Å²) in [5.41, 5.74) is -1.21. The first-order valence-corrected chi connectivity index (χ1v) is 5.51. The van der Waals surface area contributed by atoms with Crippen LogP contribution in [0.1, 0.15) is 32.6 Å². The molecule has 3 fully saturated rings. The molecule has 2 heteroatoms. The Kier molecular flexibility index (Phi) is 1.42. The number of allylic oxidation sites excluding steroid dienone is 1. The van der Waals surface area contributed by atoms with Gasteiger partial charge < -0.3 is 5.11 Å². The average molecular weight is 192 g/mol. The van der Waals surface area contributed by atoms with Crippen molar-refractivity contribution in [2.24, 2.45) is 17.3 Å². The predicted molar refractivity (Wildman–Crippen MR) is 52.7 cm³/mol. The Labute approximate surface area is 84.0 Å². The van der Waals surface area contributed by atoms with E-state index in [1.807, 2.05) is 6.08 Å². The molecule has 76 valence electrons. The number of aliphatic hydroxyl groups is 1. The normalized spacial score (nSPS) is 55.1. The van der Waals surface area contributed by atoms with Crippen LogP contribution < -0.4 is 0 Å². The van der Waals surface area contributed by atoms with Crippen molar-refractivity contribution in [3.8, 4) is 0 Å². The third kappa shape index (κ3) is 0.714. The fourth-order valence-electron chi connectivity index (χ4n) is 3.74. The van der Waals surface area contributed by atoms with Crippen molar-refractivity contribution in [2.75, 3.05) is 0 Å². The van der Waals surface area contributed by atoms with Gasteiger partial charge in [0.05, 0.1) is 0 Å². The molecule has 0 unspecified atom stereocenters. The molecule has 4 bridgehead atoms. The first-order valence-electron chi connectivity index (χ1n) is 5.51. The van der Waals surface area contributed by atoms with E-state index in [1.54, 1.807) is 0 Å². The van der Waals surface area contributed by atoms with Crippen LogP contribution in [0, 0.1) is 17.3 Å². The molecule has 0 heterocycles. The highest BCUT2D eigenvalue weighted by molar-refractivity contribution is 5.92. The van der Waals surface area contributed by atoms with Crippen LogP contribution in [0.15, 0.2) is 12.2 Å². The smallest absolute Gasteiger partial charge is 0.168 e. The van der Waals surface area contributed by atoms with E-state index in [1.165, 1.54) is 0 Å². The molecule has 0 aromatic carbocycles. The lowest BCUT2D eigenvalue weighted by Crippen LogP contribution is -2.66. The maximum absolute atomic E-state index is 12.0. The van der Waals surface area contributed by atoms with Gasteiger partial charge >= 0.3 is 0 Å². The zero-order chi connectivity index (χ0) is 9.97. The van der Waals surface area contributed by atoms with Crippen LogP contribution in [0.3, 0.4) is 0 Å². The predicted octanol–water partition coefficient (Wildman–Crippen LogP) is 1.68. The minimum atomic E-state index is -1.03. The SMILES string of the molecule is C[C@]12CC[C@@H]3C[C@H]1C=CC[C@@]2(O)C3=O. The fraction of sp³-hybridized carbons (Fsp3) is 0.750. The van der Waals surface area contributed by atoms with Gasteiger partial charge in [0.25, 0.3) is 0 Å². The molecule has 0 spiro atoms. The van der Waals surface area contributed by atoms with Crippen LogP contribution in [-0.4, -0.2) is 16.5 Å². The number of hydrogen-bond donors (Lipinski definition) is 1. The third-order valence-electron chi connectivity index (χ3n) is 4.87. The summed E-state index contributed by atoms with van der Waals surface area (Å²) in [6.45, 7) is 2.09. The Balaban J connectivity index is 2.18.